The van der Waals surface area contributed by atoms with E-state index in [9.17, 15) is 0 Å². The highest BCUT2D eigenvalue weighted by atomic mass is 28.3. The fourth-order valence-corrected chi connectivity index (χ4v) is 7.94. The normalized spacial score (nSPS) is 13.7. The van der Waals surface area contributed by atoms with Crippen LogP contribution in [0.5, 0.6) is 0 Å². The first-order valence-corrected chi connectivity index (χ1v) is 13.0. The molecule has 4 heteroatoms. The topological polar surface area (TPSA) is 19.4 Å². The lowest BCUT2D eigenvalue weighted by molar-refractivity contribution is 0.981. The quantitative estimate of drug-likeness (QED) is 0.480. The number of rotatable bonds is 6. The predicted octanol–water partition coefficient (Wildman–Crippen LogP) is 6.04. The first-order valence-electron chi connectivity index (χ1n) is 10.4. The molecule has 1 aromatic heterocycles. The van der Waals surface area contributed by atoms with Gasteiger partial charge in [-0.25, -0.2) is 4.98 Å². The van der Waals surface area contributed by atoms with Crippen LogP contribution in [0.2, 0.25) is 18.1 Å². The number of fused-ring (bicyclic) bond motifs is 1. The van der Waals surface area contributed by atoms with Crippen LogP contribution < -0.4 is 15.0 Å². The van der Waals surface area contributed by atoms with Crippen LogP contribution in [0.15, 0.2) is 72.9 Å². The van der Waals surface area contributed by atoms with E-state index in [2.05, 4.69) is 103 Å². The van der Waals surface area contributed by atoms with E-state index in [4.69, 9.17) is 4.98 Å². The van der Waals surface area contributed by atoms with Crippen LogP contribution in [0.4, 0.5) is 22.9 Å². The molecule has 2 heterocycles. The average molecular weight is 388 g/mol. The average Bonchev–Trinajstić information content (AvgIpc) is 3.16. The lowest BCUT2D eigenvalue weighted by Gasteiger charge is -2.29. The molecule has 3 aromatic rings. The van der Waals surface area contributed by atoms with Crippen LogP contribution in [-0.2, 0) is 0 Å². The summed E-state index contributed by atoms with van der Waals surface area (Å²) in [5.41, 5.74) is 3.64. The van der Waals surface area contributed by atoms with E-state index in [0.717, 1.165) is 12.5 Å². The van der Waals surface area contributed by atoms with Crippen LogP contribution in [0.25, 0.3) is 0 Å². The highest BCUT2D eigenvalue weighted by Gasteiger charge is 2.34. The molecular formula is C24H29N3Si. The van der Waals surface area contributed by atoms with Crippen molar-refractivity contribution in [1.29, 1.82) is 0 Å². The minimum absolute atomic E-state index is 0.790. The van der Waals surface area contributed by atoms with Gasteiger partial charge in [0.1, 0.15) is 6.67 Å². The zero-order chi connectivity index (χ0) is 19.6. The van der Waals surface area contributed by atoms with Crippen molar-refractivity contribution in [2.24, 2.45) is 0 Å². The Hall–Kier alpha value is -2.59. The Morgan fingerprint density at radius 3 is 1.86 bits per heavy atom. The number of aromatic nitrogens is 1. The molecule has 0 saturated carbocycles. The van der Waals surface area contributed by atoms with Crippen LogP contribution in [0.3, 0.4) is 0 Å². The van der Waals surface area contributed by atoms with Crippen molar-refractivity contribution >= 4 is 36.1 Å². The van der Waals surface area contributed by atoms with Gasteiger partial charge in [-0.1, -0.05) is 75.3 Å². The fraction of sp³-hybridized carbons (Fsp3) is 0.292. The van der Waals surface area contributed by atoms with Crippen LogP contribution >= 0.6 is 0 Å². The molecular weight excluding hydrogens is 358 g/mol. The summed E-state index contributed by atoms with van der Waals surface area (Å²) < 4.78 is 0. The minimum Gasteiger partial charge on any atom is -0.320 e. The monoisotopic (exact) mass is 387 g/mol. The molecule has 3 nitrogen and oxygen atoms in total. The minimum atomic E-state index is -1.48. The van der Waals surface area contributed by atoms with Crippen LogP contribution in [-0.4, -0.2) is 19.7 Å². The summed E-state index contributed by atoms with van der Waals surface area (Å²) in [5, 5.41) is 1.49. The van der Waals surface area contributed by atoms with Gasteiger partial charge in [-0.15, -0.1) is 0 Å². The number of anilines is 4. The fourth-order valence-electron chi connectivity index (χ4n) is 4.43. The van der Waals surface area contributed by atoms with Gasteiger partial charge in [0, 0.05) is 17.6 Å². The Bertz CT molecular complexity index is 915. The first-order chi connectivity index (χ1) is 13.7. The third-order valence-electron chi connectivity index (χ3n) is 6.45. The molecule has 2 aromatic carbocycles. The molecule has 1 aliphatic heterocycles. The van der Waals surface area contributed by atoms with Crippen molar-refractivity contribution in [2.75, 3.05) is 16.5 Å². The maximum absolute atomic E-state index is 5.02. The Morgan fingerprint density at radius 2 is 1.32 bits per heavy atom. The molecule has 144 valence electrons. The first kappa shape index (κ1) is 18.8. The summed E-state index contributed by atoms with van der Waals surface area (Å²) in [4.78, 5) is 9.74. The molecule has 0 aliphatic carbocycles. The van der Waals surface area contributed by atoms with E-state index in [1.165, 1.54) is 40.4 Å². The summed E-state index contributed by atoms with van der Waals surface area (Å²) in [6.07, 6.45) is 2.17. The zero-order valence-corrected chi connectivity index (χ0v) is 18.1. The molecule has 0 fully saturated rings. The second kappa shape index (κ2) is 7.80. The molecule has 0 atom stereocenters. The van der Waals surface area contributed by atoms with E-state index in [0.29, 0.717) is 0 Å². The molecule has 0 unspecified atom stereocenters. The van der Waals surface area contributed by atoms with Crippen molar-refractivity contribution < 1.29 is 0 Å². The standard InChI is InChI=1S/C24H29N3Si/c1-4-28(5-2,6-3)22-17-23-24(25-18-22)27(21-15-11-8-12-16-21)19-26(23)20-13-9-7-10-14-20/h7-18H,4-6,19H2,1-3H3. The smallest absolute Gasteiger partial charge is 0.158 e. The van der Waals surface area contributed by atoms with Gasteiger partial charge in [-0.05, 0) is 35.5 Å². The van der Waals surface area contributed by atoms with Gasteiger partial charge in [-0.3, -0.25) is 0 Å². The lowest BCUT2D eigenvalue weighted by atomic mass is 10.2. The molecule has 4 rings (SSSR count). The van der Waals surface area contributed by atoms with E-state index in [1.807, 2.05) is 0 Å². The Kier molecular flexibility index (Phi) is 5.22. The van der Waals surface area contributed by atoms with Crippen molar-refractivity contribution in [3.8, 4) is 0 Å². The molecule has 0 N–H and O–H groups in total. The zero-order valence-electron chi connectivity index (χ0n) is 17.1. The summed E-state index contributed by atoms with van der Waals surface area (Å²) in [7, 11) is -1.48. The Morgan fingerprint density at radius 1 is 0.786 bits per heavy atom. The number of pyridine rings is 1. The lowest BCUT2D eigenvalue weighted by Crippen LogP contribution is -2.46. The van der Waals surface area contributed by atoms with Crippen molar-refractivity contribution in [3.05, 3.63) is 72.9 Å². The molecule has 0 amide bonds. The highest BCUT2D eigenvalue weighted by Crippen LogP contribution is 2.42. The molecule has 0 saturated heterocycles. The number of nitrogens with zero attached hydrogens (tertiary/aromatic N) is 3. The predicted molar refractivity (Wildman–Crippen MR) is 123 cm³/mol. The highest BCUT2D eigenvalue weighted by molar-refractivity contribution is 6.91. The summed E-state index contributed by atoms with van der Waals surface area (Å²) in [6, 6.07) is 27.5. The van der Waals surface area contributed by atoms with Gasteiger partial charge in [0.05, 0.1) is 13.8 Å². The van der Waals surface area contributed by atoms with E-state index < -0.39 is 8.07 Å². The summed E-state index contributed by atoms with van der Waals surface area (Å²) in [6.45, 7) is 7.87. The van der Waals surface area contributed by atoms with Crippen molar-refractivity contribution in [2.45, 2.75) is 38.9 Å². The van der Waals surface area contributed by atoms with E-state index >= 15 is 0 Å². The second-order valence-corrected chi connectivity index (χ2v) is 12.8. The molecule has 0 radical (unpaired) electrons. The van der Waals surface area contributed by atoms with Gasteiger partial charge in [0.25, 0.3) is 0 Å². The summed E-state index contributed by atoms with van der Waals surface area (Å²) in [5.74, 6) is 1.06. The van der Waals surface area contributed by atoms with Crippen molar-refractivity contribution in [3.63, 3.8) is 0 Å². The van der Waals surface area contributed by atoms with E-state index in [-0.39, 0.29) is 0 Å². The Balaban J connectivity index is 1.85. The van der Waals surface area contributed by atoms with Gasteiger partial charge < -0.3 is 9.80 Å². The number of hydrogen-bond donors (Lipinski definition) is 0. The van der Waals surface area contributed by atoms with E-state index in [1.54, 1.807) is 0 Å². The molecule has 28 heavy (non-hydrogen) atoms. The van der Waals surface area contributed by atoms with Gasteiger partial charge in [-0.2, -0.15) is 0 Å². The van der Waals surface area contributed by atoms with Crippen molar-refractivity contribution in [1.82, 2.24) is 4.98 Å². The third-order valence-corrected chi connectivity index (χ3v) is 12.0. The molecule has 0 spiro atoms. The summed E-state index contributed by atoms with van der Waals surface area (Å²) >= 11 is 0. The number of hydrogen-bond acceptors (Lipinski definition) is 3. The van der Waals surface area contributed by atoms with Crippen LogP contribution in [0.1, 0.15) is 20.8 Å². The SMILES string of the molecule is CC[Si](CC)(CC)c1cnc2c(c1)N(c1ccccc1)CN2c1ccccc1. The Labute approximate surface area is 169 Å². The second-order valence-electron chi connectivity index (χ2n) is 7.58. The van der Waals surface area contributed by atoms with Crippen LogP contribution in [0, 0.1) is 0 Å². The third kappa shape index (κ3) is 3.12. The van der Waals surface area contributed by atoms with Gasteiger partial charge in [0.2, 0.25) is 0 Å². The molecule has 0 bridgehead atoms. The largest absolute Gasteiger partial charge is 0.320 e. The molecule has 1 aliphatic rings. The number of para-hydroxylation sites is 2. The van der Waals surface area contributed by atoms with Gasteiger partial charge >= 0.3 is 0 Å². The maximum atomic E-state index is 5.02. The maximum Gasteiger partial charge on any atom is 0.158 e. The number of benzene rings is 2. The van der Waals surface area contributed by atoms with Gasteiger partial charge in [0.15, 0.2) is 5.82 Å².